The summed E-state index contributed by atoms with van der Waals surface area (Å²) in [5.74, 6) is 2.70. The Bertz CT molecular complexity index is 210. The molecule has 11 heavy (non-hydrogen) atoms. The van der Waals surface area contributed by atoms with Gasteiger partial charge in [-0.2, -0.15) is 12.6 Å². The van der Waals surface area contributed by atoms with Gasteiger partial charge in [0.1, 0.15) is 5.76 Å². The van der Waals surface area contributed by atoms with Gasteiger partial charge in [0.2, 0.25) is 0 Å². The van der Waals surface area contributed by atoms with E-state index < -0.39 is 0 Å². The zero-order valence-electron chi connectivity index (χ0n) is 6.63. The van der Waals surface area contributed by atoms with E-state index in [4.69, 9.17) is 4.42 Å². The van der Waals surface area contributed by atoms with Crippen LogP contribution in [-0.4, -0.2) is 12.3 Å². The van der Waals surface area contributed by atoms with Crippen molar-refractivity contribution < 1.29 is 4.42 Å². The molecule has 0 aromatic carbocycles. The van der Waals surface area contributed by atoms with Gasteiger partial charge in [-0.3, -0.25) is 0 Å². The third kappa shape index (κ3) is 2.89. The van der Waals surface area contributed by atoms with E-state index in [-0.39, 0.29) is 0 Å². The lowest BCUT2D eigenvalue weighted by Crippen LogP contribution is -2.00. The van der Waals surface area contributed by atoms with Crippen LogP contribution in [0.3, 0.4) is 0 Å². The average molecular weight is 171 g/mol. The van der Waals surface area contributed by atoms with Gasteiger partial charge >= 0.3 is 0 Å². The van der Waals surface area contributed by atoms with Crippen LogP contribution in [-0.2, 0) is 0 Å². The molecule has 0 bridgehead atoms. The normalized spacial score (nSPS) is 10.0. The predicted octanol–water partition coefficient (Wildman–Crippen LogP) is 2.32. The zero-order valence-corrected chi connectivity index (χ0v) is 7.53. The second-order valence-electron chi connectivity index (χ2n) is 2.41. The third-order valence-corrected chi connectivity index (χ3v) is 1.69. The minimum Gasteiger partial charge on any atom is -0.446 e. The number of rotatable bonds is 4. The third-order valence-electron chi connectivity index (χ3n) is 1.37. The Labute approximate surface area is 72.4 Å². The van der Waals surface area contributed by atoms with Crippen molar-refractivity contribution in [2.75, 3.05) is 17.6 Å². The number of aryl methyl sites for hydroxylation is 1. The number of thiol groups is 1. The highest BCUT2D eigenvalue weighted by Crippen LogP contribution is 2.11. The smallest absolute Gasteiger partial charge is 0.193 e. The van der Waals surface area contributed by atoms with E-state index in [0.717, 1.165) is 30.4 Å². The fourth-order valence-electron chi connectivity index (χ4n) is 0.820. The molecule has 0 aliphatic heterocycles. The van der Waals surface area contributed by atoms with Crippen LogP contribution in [0.4, 0.5) is 5.88 Å². The van der Waals surface area contributed by atoms with E-state index in [0.29, 0.717) is 0 Å². The van der Waals surface area contributed by atoms with Gasteiger partial charge in [-0.05, 0) is 25.2 Å². The Morgan fingerprint density at radius 3 is 2.91 bits per heavy atom. The lowest BCUT2D eigenvalue weighted by Gasteiger charge is -1.98. The van der Waals surface area contributed by atoms with Crippen molar-refractivity contribution in [2.24, 2.45) is 0 Å². The number of furan rings is 1. The first-order valence-electron chi connectivity index (χ1n) is 3.74. The molecule has 0 aliphatic rings. The fraction of sp³-hybridized carbons (Fsp3) is 0.500. The molecule has 0 spiro atoms. The van der Waals surface area contributed by atoms with Gasteiger partial charge in [0.05, 0.1) is 0 Å². The lowest BCUT2D eigenvalue weighted by atomic mass is 10.4. The van der Waals surface area contributed by atoms with Crippen LogP contribution in [0.2, 0.25) is 0 Å². The first-order valence-corrected chi connectivity index (χ1v) is 4.37. The maximum absolute atomic E-state index is 5.29. The molecule has 0 unspecified atom stereocenters. The van der Waals surface area contributed by atoms with Gasteiger partial charge in [0.15, 0.2) is 5.88 Å². The number of anilines is 1. The van der Waals surface area contributed by atoms with Crippen LogP contribution >= 0.6 is 12.6 Å². The summed E-state index contributed by atoms with van der Waals surface area (Å²) in [6, 6.07) is 3.89. The Hall–Kier alpha value is -0.570. The second-order valence-corrected chi connectivity index (χ2v) is 2.86. The van der Waals surface area contributed by atoms with Crippen LogP contribution in [0.15, 0.2) is 16.5 Å². The van der Waals surface area contributed by atoms with Crippen molar-refractivity contribution in [3.05, 3.63) is 17.9 Å². The number of nitrogens with one attached hydrogen (secondary N) is 1. The van der Waals surface area contributed by atoms with Crippen molar-refractivity contribution in [3.8, 4) is 0 Å². The molecule has 1 N–H and O–H groups in total. The van der Waals surface area contributed by atoms with Gasteiger partial charge in [-0.15, -0.1) is 0 Å². The van der Waals surface area contributed by atoms with Crippen LogP contribution < -0.4 is 5.32 Å². The second kappa shape index (κ2) is 4.34. The maximum atomic E-state index is 5.29. The highest BCUT2D eigenvalue weighted by molar-refractivity contribution is 7.80. The zero-order chi connectivity index (χ0) is 8.10. The minimum atomic E-state index is 0.851. The highest BCUT2D eigenvalue weighted by Gasteiger charge is 1.94. The van der Waals surface area contributed by atoms with Crippen molar-refractivity contribution in [1.29, 1.82) is 0 Å². The molecular weight excluding hydrogens is 158 g/mol. The average Bonchev–Trinajstić information content (AvgIpc) is 2.37. The Morgan fingerprint density at radius 1 is 1.55 bits per heavy atom. The Balaban J connectivity index is 2.27. The van der Waals surface area contributed by atoms with Crippen molar-refractivity contribution in [3.63, 3.8) is 0 Å². The van der Waals surface area contributed by atoms with E-state index in [2.05, 4.69) is 17.9 Å². The molecule has 62 valence electrons. The molecule has 1 rings (SSSR count). The molecule has 1 aromatic heterocycles. The number of hydrogen-bond acceptors (Lipinski definition) is 3. The van der Waals surface area contributed by atoms with Gasteiger partial charge in [-0.1, -0.05) is 0 Å². The van der Waals surface area contributed by atoms with Gasteiger partial charge < -0.3 is 9.73 Å². The summed E-state index contributed by atoms with van der Waals surface area (Å²) in [6.45, 7) is 2.86. The van der Waals surface area contributed by atoms with Crippen LogP contribution in [0, 0.1) is 6.92 Å². The molecule has 0 saturated carbocycles. The molecule has 1 heterocycles. The fourth-order valence-corrected chi connectivity index (χ4v) is 0.978. The summed E-state index contributed by atoms with van der Waals surface area (Å²) >= 11 is 4.10. The Kier molecular flexibility index (Phi) is 3.36. The van der Waals surface area contributed by atoms with Gasteiger partial charge in [0.25, 0.3) is 0 Å². The Morgan fingerprint density at radius 2 is 2.36 bits per heavy atom. The van der Waals surface area contributed by atoms with E-state index in [1.807, 2.05) is 19.1 Å². The monoisotopic (exact) mass is 171 g/mol. The molecule has 0 saturated heterocycles. The van der Waals surface area contributed by atoms with Crippen LogP contribution in [0.5, 0.6) is 0 Å². The molecule has 0 radical (unpaired) electrons. The van der Waals surface area contributed by atoms with Crippen molar-refractivity contribution in [2.45, 2.75) is 13.3 Å². The molecule has 0 aliphatic carbocycles. The van der Waals surface area contributed by atoms with Crippen molar-refractivity contribution >= 4 is 18.5 Å². The van der Waals surface area contributed by atoms with E-state index in [9.17, 15) is 0 Å². The first-order chi connectivity index (χ1) is 5.33. The molecule has 1 aromatic rings. The summed E-state index contributed by atoms with van der Waals surface area (Å²) in [6.07, 6.45) is 1.06. The van der Waals surface area contributed by atoms with Gasteiger partial charge in [0, 0.05) is 12.6 Å². The standard InChI is InChI=1S/C8H13NOS/c1-7-3-4-8(10-7)9-5-2-6-11/h3-4,9,11H,2,5-6H2,1H3. The molecular formula is C8H13NOS. The lowest BCUT2D eigenvalue weighted by molar-refractivity contribution is 0.546. The van der Waals surface area contributed by atoms with Crippen molar-refractivity contribution in [1.82, 2.24) is 0 Å². The quantitative estimate of drug-likeness (QED) is 0.537. The van der Waals surface area contributed by atoms with E-state index in [1.165, 1.54) is 0 Å². The summed E-state index contributed by atoms with van der Waals surface area (Å²) in [4.78, 5) is 0. The van der Waals surface area contributed by atoms with Gasteiger partial charge in [-0.25, -0.2) is 0 Å². The maximum Gasteiger partial charge on any atom is 0.193 e. The number of hydrogen-bond donors (Lipinski definition) is 2. The summed E-state index contributed by atoms with van der Waals surface area (Å²) in [5.41, 5.74) is 0. The summed E-state index contributed by atoms with van der Waals surface area (Å²) < 4.78 is 5.29. The largest absolute Gasteiger partial charge is 0.446 e. The molecule has 0 amide bonds. The predicted molar refractivity (Wildman–Crippen MR) is 50.4 cm³/mol. The van der Waals surface area contributed by atoms with Crippen LogP contribution in [0.25, 0.3) is 0 Å². The highest BCUT2D eigenvalue weighted by atomic mass is 32.1. The molecule has 0 atom stereocenters. The molecule has 0 fully saturated rings. The first kappa shape index (κ1) is 8.53. The SMILES string of the molecule is Cc1ccc(NCCCS)o1. The van der Waals surface area contributed by atoms with E-state index in [1.54, 1.807) is 0 Å². The molecule has 3 heteroatoms. The summed E-state index contributed by atoms with van der Waals surface area (Å²) in [7, 11) is 0. The van der Waals surface area contributed by atoms with E-state index >= 15 is 0 Å². The topological polar surface area (TPSA) is 25.2 Å². The summed E-state index contributed by atoms with van der Waals surface area (Å²) in [5, 5.41) is 3.15. The molecule has 2 nitrogen and oxygen atoms in total. The minimum absolute atomic E-state index is 0.851. The van der Waals surface area contributed by atoms with Crippen LogP contribution in [0.1, 0.15) is 12.2 Å².